The lowest BCUT2D eigenvalue weighted by Gasteiger charge is -2.14. The molecule has 2 aromatic rings. The van der Waals surface area contributed by atoms with Gasteiger partial charge < -0.3 is 5.73 Å². The molecule has 1 aliphatic carbocycles. The van der Waals surface area contributed by atoms with Crippen molar-refractivity contribution in [3.8, 4) is 0 Å². The first-order valence-electron chi connectivity index (χ1n) is 6.94. The summed E-state index contributed by atoms with van der Waals surface area (Å²) in [6.45, 7) is 0. The third-order valence-corrected chi connectivity index (χ3v) is 5.56. The van der Waals surface area contributed by atoms with Gasteiger partial charge in [-0.05, 0) is 82.7 Å². The summed E-state index contributed by atoms with van der Waals surface area (Å²) in [5.41, 5.74) is 11.8. The lowest BCUT2D eigenvalue weighted by Crippen LogP contribution is -2.13. The molecular formula is C17H17ClIN. The minimum Gasteiger partial charge on any atom is -0.324 e. The number of fused-ring (bicyclic) bond motifs is 1. The number of rotatable bonds is 3. The van der Waals surface area contributed by atoms with Crippen LogP contribution in [0.15, 0.2) is 36.4 Å². The van der Waals surface area contributed by atoms with Gasteiger partial charge >= 0.3 is 0 Å². The Hall–Kier alpha value is -0.580. The minimum atomic E-state index is 0.00366. The Morgan fingerprint density at radius 3 is 2.70 bits per heavy atom. The molecule has 0 radical (unpaired) electrons. The first-order valence-corrected chi connectivity index (χ1v) is 8.40. The molecule has 0 saturated heterocycles. The molecule has 3 rings (SSSR count). The van der Waals surface area contributed by atoms with Gasteiger partial charge in [0.25, 0.3) is 0 Å². The molecule has 2 aromatic carbocycles. The maximum Gasteiger partial charge on any atom is 0.0542 e. The Morgan fingerprint density at radius 2 is 1.90 bits per heavy atom. The van der Waals surface area contributed by atoms with E-state index in [-0.39, 0.29) is 6.04 Å². The van der Waals surface area contributed by atoms with Crippen LogP contribution in [0.4, 0.5) is 0 Å². The average molecular weight is 398 g/mol. The number of hydrogen-bond donors (Lipinski definition) is 1. The lowest BCUT2D eigenvalue weighted by molar-refractivity contribution is 0.721. The number of benzene rings is 2. The van der Waals surface area contributed by atoms with Gasteiger partial charge in [-0.1, -0.05) is 35.9 Å². The van der Waals surface area contributed by atoms with Gasteiger partial charge in [0.15, 0.2) is 0 Å². The SMILES string of the molecule is NC(Cc1ccc2c(c1)CCC2)c1ccc(I)c(Cl)c1. The molecule has 3 heteroatoms. The highest BCUT2D eigenvalue weighted by molar-refractivity contribution is 14.1. The van der Waals surface area contributed by atoms with Crippen LogP contribution in [0.5, 0.6) is 0 Å². The molecule has 0 spiro atoms. The molecule has 20 heavy (non-hydrogen) atoms. The summed E-state index contributed by atoms with van der Waals surface area (Å²) in [5, 5.41) is 0.785. The summed E-state index contributed by atoms with van der Waals surface area (Å²) < 4.78 is 1.07. The fourth-order valence-electron chi connectivity index (χ4n) is 2.87. The molecular weight excluding hydrogens is 381 g/mol. The number of aryl methyl sites for hydroxylation is 2. The monoisotopic (exact) mass is 397 g/mol. The molecule has 0 bridgehead atoms. The summed E-state index contributed by atoms with van der Waals surface area (Å²) in [6.07, 6.45) is 4.60. The molecule has 1 unspecified atom stereocenters. The summed E-state index contributed by atoms with van der Waals surface area (Å²) in [4.78, 5) is 0. The van der Waals surface area contributed by atoms with Crippen molar-refractivity contribution in [2.24, 2.45) is 5.73 Å². The van der Waals surface area contributed by atoms with E-state index in [9.17, 15) is 0 Å². The molecule has 1 atom stereocenters. The zero-order valence-electron chi connectivity index (χ0n) is 11.2. The number of halogens is 2. The Balaban J connectivity index is 1.78. The van der Waals surface area contributed by atoms with E-state index < -0.39 is 0 Å². The van der Waals surface area contributed by atoms with Gasteiger partial charge in [0.2, 0.25) is 0 Å². The van der Waals surface area contributed by atoms with Crippen molar-refractivity contribution in [1.82, 2.24) is 0 Å². The molecule has 0 saturated carbocycles. The molecule has 0 fully saturated rings. The molecule has 1 nitrogen and oxygen atoms in total. The van der Waals surface area contributed by atoms with Crippen LogP contribution in [-0.4, -0.2) is 0 Å². The number of nitrogens with two attached hydrogens (primary N) is 1. The maximum atomic E-state index is 6.33. The van der Waals surface area contributed by atoms with Crippen molar-refractivity contribution in [1.29, 1.82) is 0 Å². The van der Waals surface area contributed by atoms with Crippen molar-refractivity contribution >= 4 is 34.2 Å². The predicted octanol–water partition coefficient (Wildman–Crippen LogP) is 4.68. The lowest BCUT2D eigenvalue weighted by atomic mass is 9.97. The van der Waals surface area contributed by atoms with Crippen LogP contribution in [0.1, 0.15) is 34.7 Å². The van der Waals surface area contributed by atoms with Crippen molar-refractivity contribution in [2.75, 3.05) is 0 Å². The fourth-order valence-corrected chi connectivity index (χ4v) is 3.39. The average Bonchev–Trinajstić information content (AvgIpc) is 2.89. The zero-order valence-corrected chi connectivity index (χ0v) is 14.1. The highest BCUT2D eigenvalue weighted by atomic mass is 127. The Morgan fingerprint density at radius 1 is 1.10 bits per heavy atom. The minimum absolute atomic E-state index is 0.00366. The normalized spacial score (nSPS) is 15.2. The van der Waals surface area contributed by atoms with Crippen LogP contribution in [0.25, 0.3) is 0 Å². The van der Waals surface area contributed by atoms with E-state index in [1.807, 2.05) is 12.1 Å². The van der Waals surface area contributed by atoms with Gasteiger partial charge in [0, 0.05) is 9.61 Å². The Labute approximate surface area is 138 Å². The van der Waals surface area contributed by atoms with Gasteiger partial charge in [-0.25, -0.2) is 0 Å². The second-order valence-electron chi connectivity index (χ2n) is 5.44. The van der Waals surface area contributed by atoms with Crippen LogP contribution < -0.4 is 5.73 Å². The van der Waals surface area contributed by atoms with E-state index in [4.69, 9.17) is 17.3 Å². The van der Waals surface area contributed by atoms with Crippen LogP contribution in [0, 0.1) is 3.57 Å². The number of hydrogen-bond acceptors (Lipinski definition) is 1. The van der Waals surface area contributed by atoms with Crippen molar-refractivity contribution in [3.63, 3.8) is 0 Å². The third kappa shape index (κ3) is 3.02. The molecule has 0 aromatic heterocycles. The molecule has 0 heterocycles. The maximum absolute atomic E-state index is 6.33. The van der Waals surface area contributed by atoms with E-state index in [0.29, 0.717) is 0 Å². The van der Waals surface area contributed by atoms with Crippen molar-refractivity contribution < 1.29 is 0 Å². The largest absolute Gasteiger partial charge is 0.324 e. The fraction of sp³-hybridized carbons (Fsp3) is 0.294. The van der Waals surface area contributed by atoms with E-state index in [1.54, 1.807) is 0 Å². The van der Waals surface area contributed by atoms with Crippen LogP contribution in [0.3, 0.4) is 0 Å². The smallest absolute Gasteiger partial charge is 0.0542 e. The van der Waals surface area contributed by atoms with Gasteiger partial charge in [0.1, 0.15) is 0 Å². The molecule has 0 amide bonds. The molecule has 2 N–H and O–H groups in total. The summed E-state index contributed by atoms with van der Waals surface area (Å²) in [5.74, 6) is 0. The van der Waals surface area contributed by atoms with Crippen molar-refractivity contribution in [3.05, 3.63) is 67.2 Å². The highest BCUT2D eigenvalue weighted by Crippen LogP contribution is 2.27. The van der Waals surface area contributed by atoms with Gasteiger partial charge in [0.05, 0.1) is 5.02 Å². The first-order chi connectivity index (χ1) is 9.63. The van der Waals surface area contributed by atoms with E-state index in [2.05, 4.69) is 46.9 Å². The third-order valence-electron chi connectivity index (χ3n) is 3.99. The summed E-state index contributed by atoms with van der Waals surface area (Å²) in [7, 11) is 0. The standard InChI is InChI=1S/C17H17ClIN/c18-15-10-14(6-7-16(15)19)17(20)9-11-4-5-12-2-1-3-13(12)8-11/h4-8,10,17H,1-3,9,20H2. The summed E-state index contributed by atoms with van der Waals surface area (Å²) >= 11 is 8.41. The molecule has 1 aliphatic rings. The van der Waals surface area contributed by atoms with Gasteiger partial charge in [-0.2, -0.15) is 0 Å². The van der Waals surface area contributed by atoms with E-state index in [1.165, 1.54) is 36.0 Å². The Kier molecular flexibility index (Phi) is 4.34. The van der Waals surface area contributed by atoms with Crippen molar-refractivity contribution in [2.45, 2.75) is 31.7 Å². The molecule has 0 aliphatic heterocycles. The van der Waals surface area contributed by atoms with Gasteiger partial charge in [-0.3, -0.25) is 0 Å². The topological polar surface area (TPSA) is 26.0 Å². The zero-order chi connectivity index (χ0) is 14.1. The summed E-state index contributed by atoms with van der Waals surface area (Å²) in [6, 6.07) is 12.9. The second-order valence-corrected chi connectivity index (χ2v) is 7.01. The Bertz CT molecular complexity index is 639. The van der Waals surface area contributed by atoms with Gasteiger partial charge in [-0.15, -0.1) is 0 Å². The van der Waals surface area contributed by atoms with E-state index >= 15 is 0 Å². The first kappa shape index (κ1) is 14.4. The predicted molar refractivity (Wildman–Crippen MR) is 93.3 cm³/mol. The van der Waals surface area contributed by atoms with Crippen LogP contribution >= 0.6 is 34.2 Å². The van der Waals surface area contributed by atoms with Crippen LogP contribution in [0.2, 0.25) is 5.02 Å². The molecule has 104 valence electrons. The highest BCUT2D eigenvalue weighted by Gasteiger charge is 2.13. The quantitative estimate of drug-likeness (QED) is 0.748. The second kappa shape index (κ2) is 6.04. The van der Waals surface area contributed by atoms with E-state index in [0.717, 1.165) is 20.6 Å². The van der Waals surface area contributed by atoms with Crippen LogP contribution in [-0.2, 0) is 19.3 Å².